The van der Waals surface area contributed by atoms with Crippen molar-refractivity contribution in [2.45, 2.75) is 32.2 Å². The first-order valence-electron chi connectivity index (χ1n) is 6.72. The summed E-state index contributed by atoms with van der Waals surface area (Å²) in [7, 11) is -3.42. The Labute approximate surface area is 138 Å². The van der Waals surface area contributed by atoms with Crippen molar-refractivity contribution in [2.75, 3.05) is 24.2 Å². The van der Waals surface area contributed by atoms with Crippen molar-refractivity contribution in [1.82, 2.24) is 4.98 Å². The van der Waals surface area contributed by atoms with E-state index in [1.165, 1.54) is 6.20 Å². The van der Waals surface area contributed by atoms with Gasteiger partial charge in [-0.05, 0) is 35.8 Å². The summed E-state index contributed by atoms with van der Waals surface area (Å²) in [6.45, 7) is 4.53. The average Bonchev–Trinajstić information content (AvgIpc) is 2.34. The van der Waals surface area contributed by atoms with Crippen molar-refractivity contribution in [3.05, 3.63) is 16.7 Å². The van der Waals surface area contributed by atoms with Crippen LogP contribution in [-0.2, 0) is 19.5 Å². The van der Waals surface area contributed by atoms with Gasteiger partial charge in [0.25, 0.3) is 0 Å². The molecule has 1 N–H and O–H groups in total. The zero-order valence-electron chi connectivity index (χ0n) is 12.6. The summed E-state index contributed by atoms with van der Waals surface area (Å²) in [6, 6.07) is 1.60. The number of pyridine rings is 1. The summed E-state index contributed by atoms with van der Waals surface area (Å²) in [6.07, 6.45) is 3.18. The summed E-state index contributed by atoms with van der Waals surface area (Å²) in [4.78, 5) is 4.10. The quantitative estimate of drug-likeness (QED) is 0.822. The molecule has 22 heavy (non-hydrogen) atoms. The number of sulfonamides is 1. The molecule has 1 aliphatic heterocycles. The molecule has 1 aromatic rings. The van der Waals surface area contributed by atoms with Gasteiger partial charge in [-0.3, -0.25) is 4.72 Å². The summed E-state index contributed by atoms with van der Waals surface area (Å²) >= 11 is 3.25. The minimum Gasteiger partial charge on any atom is -0.473 e. The number of hydrogen-bond acceptors (Lipinski definition) is 6. The van der Waals surface area contributed by atoms with E-state index in [-0.39, 0.29) is 24.3 Å². The predicted molar refractivity (Wildman–Crippen MR) is 85.4 cm³/mol. The summed E-state index contributed by atoms with van der Waals surface area (Å²) in [5.41, 5.74) is 0.281. The number of nitrogens with one attached hydrogen (secondary N) is 1. The van der Waals surface area contributed by atoms with Gasteiger partial charge in [-0.2, -0.15) is 0 Å². The second-order valence-corrected chi connectivity index (χ2v) is 8.13. The molecule has 0 saturated carbocycles. The normalized spacial score (nSPS) is 21.4. The molecule has 1 fully saturated rings. The van der Waals surface area contributed by atoms with Gasteiger partial charge in [0.1, 0.15) is 12.3 Å². The molecule has 7 nitrogen and oxygen atoms in total. The Morgan fingerprint density at radius 3 is 2.91 bits per heavy atom. The van der Waals surface area contributed by atoms with Crippen LogP contribution in [-0.4, -0.2) is 44.8 Å². The Balaban J connectivity index is 2.06. The molecule has 1 saturated heterocycles. The van der Waals surface area contributed by atoms with Crippen LogP contribution in [0.25, 0.3) is 0 Å². The lowest BCUT2D eigenvalue weighted by Crippen LogP contribution is -2.42. The SMILES string of the molecule is CC1(C)OCCC(COc2ncc(Br)cc2NS(C)(=O)=O)O1. The molecule has 2 rings (SSSR count). The van der Waals surface area contributed by atoms with Crippen LogP contribution in [0.1, 0.15) is 20.3 Å². The lowest BCUT2D eigenvalue weighted by molar-refractivity contribution is -0.276. The first-order valence-corrected chi connectivity index (χ1v) is 9.41. The molecular weight excluding hydrogens is 376 g/mol. The number of rotatable bonds is 5. The van der Waals surface area contributed by atoms with Gasteiger partial charge < -0.3 is 14.2 Å². The summed E-state index contributed by atoms with van der Waals surface area (Å²) in [5, 5.41) is 0. The fourth-order valence-corrected chi connectivity index (χ4v) is 2.91. The Bertz CT molecular complexity index is 635. The molecule has 0 spiro atoms. The highest BCUT2D eigenvalue weighted by molar-refractivity contribution is 9.10. The molecule has 1 atom stereocenters. The van der Waals surface area contributed by atoms with Gasteiger partial charge in [0.05, 0.1) is 19.0 Å². The van der Waals surface area contributed by atoms with Crippen LogP contribution < -0.4 is 9.46 Å². The Morgan fingerprint density at radius 1 is 1.55 bits per heavy atom. The molecule has 1 unspecified atom stereocenters. The number of ether oxygens (including phenoxy) is 3. The van der Waals surface area contributed by atoms with Crippen LogP contribution in [0, 0.1) is 0 Å². The van der Waals surface area contributed by atoms with Gasteiger partial charge in [-0.15, -0.1) is 0 Å². The molecular formula is C13H19BrN2O5S. The average molecular weight is 395 g/mol. The minimum absolute atomic E-state index is 0.139. The van der Waals surface area contributed by atoms with Crippen LogP contribution in [0.3, 0.4) is 0 Å². The highest BCUT2D eigenvalue weighted by Crippen LogP contribution is 2.28. The fraction of sp³-hybridized carbons (Fsp3) is 0.615. The van der Waals surface area contributed by atoms with Crippen LogP contribution in [0.5, 0.6) is 5.88 Å². The largest absolute Gasteiger partial charge is 0.473 e. The van der Waals surface area contributed by atoms with Gasteiger partial charge in [-0.25, -0.2) is 13.4 Å². The van der Waals surface area contributed by atoms with Crippen LogP contribution in [0.15, 0.2) is 16.7 Å². The van der Waals surface area contributed by atoms with E-state index in [2.05, 4.69) is 25.6 Å². The maximum Gasteiger partial charge on any atom is 0.238 e. The van der Waals surface area contributed by atoms with Crippen LogP contribution in [0.2, 0.25) is 0 Å². The molecule has 0 aromatic carbocycles. The van der Waals surface area contributed by atoms with E-state index in [9.17, 15) is 8.42 Å². The van der Waals surface area contributed by atoms with E-state index in [0.29, 0.717) is 17.5 Å². The summed E-state index contributed by atoms with van der Waals surface area (Å²) < 4.78 is 42.7. The first-order chi connectivity index (χ1) is 10.1. The lowest BCUT2D eigenvalue weighted by atomic mass is 10.2. The lowest BCUT2D eigenvalue weighted by Gasteiger charge is -2.35. The van der Waals surface area contributed by atoms with Crippen molar-refractivity contribution >= 4 is 31.6 Å². The van der Waals surface area contributed by atoms with E-state index in [1.807, 2.05) is 13.8 Å². The highest BCUT2D eigenvalue weighted by Gasteiger charge is 2.30. The van der Waals surface area contributed by atoms with Crippen molar-refractivity contribution in [1.29, 1.82) is 0 Å². The van der Waals surface area contributed by atoms with Gasteiger partial charge in [0.2, 0.25) is 15.9 Å². The fourth-order valence-electron chi connectivity index (χ4n) is 2.03. The van der Waals surface area contributed by atoms with Crippen LogP contribution in [0.4, 0.5) is 5.69 Å². The number of hydrogen-bond donors (Lipinski definition) is 1. The van der Waals surface area contributed by atoms with Crippen molar-refractivity contribution in [2.24, 2.45) is 0 Å². The van der Waals surface area contributed by atoms with Crippen molar-refractivity contribution in [3.8, 4) is 5.88 Å². The predicted octanol–water partition coefficient (Wildman–Crippen LogP) is 2.14. The minimum atomic E-state index is -3.42. The molecule has 9 heteroatoms. The third-order valence-electron chi connectivity index (χ3n) is 2.86. The van der Waals surface area contributed by atoms with E-state index in [1.54, 1.807) is 6.07 Å². The number of halogens is 1. The Morgan fingerprint density at radius 2 is 2.27 bits per heavy atom. The number of aromatic nitrogens is 1. The van der Waals surface area contributed by atoms with E-state index < -0.39 is 15.8 Å². The molecule has 1 aromatic heterocycles. The second-order valence-electron chi connectivity index (χ2n) is 5.47. The van der Waals surface area contributed by atoms with Gasteiger partial charge in [0, 0.05) is 17.1 Å². The second kappa shape index (κ2) is 6.69. The zero-order chi connectivity index (χ0) is 16.4. The van der Waals surface area contributed by atoms with E-state index in [4.69, 9.17) is 14.2 Å². The molecule has 0 aliphatic carbocycles. The Kier molecular flexibility index (Phi) is 5.31. The van der Waals surface area contributed by atoms with Gasteiger partial charge in [0.15, 0.2) is 5.79 Å². The van der Waals surface area contributed by atoms with Crippen molar-refractivity contribution < 1.29 is 22.6 Å². The van der Waals surface area contributed by atoms with E-state index in [0.717, 1.165) is 6.26 Å². The summed E-state index contributed by atoms with van der Waals surface area (Å²) in [5.74, 6) is -0.436. The maximum atomic E-state index is 11.4. The first kappa shape index (κ1) is 17.5. The molecule has 1 aliphatic rings. The molecule has 0 amide bonds. The smallest absolute Gasteiger partial charge is 0.238 e. The highest BCUT2D eigenvalue weighted by atomic mass is 79.9. The van der Waals surface area contributed by atoms with Crippen molar-refractivity contribution in [3.63, 3.8) is 0 Å². The monoisotopic (exact) mass is 394 g/mol. The Hall–Kier alpha value is -0.900. The standard InChI is InChI=1S/C13H19BrN2O5S/c1-13(2)20-5-4-10(21-13)8-19-12-11(16-22(3,17)18)6-9(14)7-15-12/h6-7,10,16H,4-5,8H2,1-3H3. The topological polar surface area (TPSA) is 86.8 Å². The van der Waals surface area contributed by atoms with Gasteiger partial charge in [-0.1, -0.05) is 0 Å². The van der Waals surface area contributed by atoms with E-state index >= 15 is 0 Å². The third-order valence-corrected chi connectivity index (χ3v) is 3.88. The molecule has 2 heterocycles. The van der Waals surface area contributed by atoms with Crippen LogP contribution >= 0.6 is 15.9 Å². The number of anilines is 1. The maximum absolute atomic E-state index is 11.4. The third kappa shape index (κ3) is 5.38. The zero-order valence-corrected chi connectivity index (χ0v) is 15.0. The van der Waals surface area contributed by atoms with Gasteiger partial charge >= 0.3 is 0 Å². The molecule has 0 bridgehead atoms. The molecule has 0 radical (unpaired) electrons. The number of nitrogens with zero attached hydrogens (tertiary/aromatic N) is 1. The molecule has 124 valence electrons.